The van der Waals surface area contributed by atoms with Crippen LogP contribution in [-0.2, 0) is 11.3 Å². The second-order valence-electron chi connectivity index (χ2n) is 4.00. The monoisotopic (exact) mass is 225 g/mol. The molecule has 0 saturated heterocycles. The van der Waals surface area contributed by atoms with Crippen molar-refractivity contribution in [3.05, 3.63) is 21.9 Å². The largest absolute Gasteiger partial charge is 0.387 e. The number of carbonyl (C=O) groups excluding carboxylic acids is 1. The van der Waals surface area contributed by atoms with Crippen LogP contribution >= 0.6 is 11.3 Å². The van der Waals surface area contributed by atoms with Gasteiger partial charge in [0.25, 0.3) is 0 Å². The van der Waals surface area contributed by atoms with Gasteiger partial charge in [-0.3, -0.25) is 9.69 Å². The molecule has 0 saturated carbocycles. The molecule has 0 aliphatic carbocycles. The van der Waals surface area contributed by atoms with Crippen molar-refractivity contribution in [3.8, 4) is 0 Å². The van der Waals surface area contributed by atoms with Crippen molar-refractivity contribution in [3.63, 3.8) is 0 Å². The maximum absolute atomic E-state index is 10.9. The molecule has 0 amide bonds. The average Bonchev–Trinajstić information content (AvgIpc) is 2.63. The minimum Gasteiger partial charge on any atom is -0.387 e. The third-order valence-corrected chi connectivity index (χ3v) is 3.64. The van der Waals surface area contributed by atoms with Gasteiger partial charge in [0, 0.05) is 30.9 Å². The predicted octanol–water partition coefficient (Wildman–Crippen LogP) is 1.58. The van der Waals surface area contributed by atoms with E-state index in [4.69, 9.17) is 0 Å². The lowest BCUT2D eigenvalue weighted by Crippen LogP contribution is -2.34. The van der Waals surface area contributed by atoms with E-state index in [1.807, 2.05) is 11.4 Å². The van der Waals surface area contributed by atoms with E-state index in [9.17, 15) is 9.90 Å². The number of hydrogen-bond donors (Lipinski definition) is 1. The quantitative estimate of drug-likeness (QED) is 0.849. The van der Waals surface area contributed by atoms with E-state index < -0.39 is 0 Å². The smallest absolute Gasteiger partial charge is 0.131 e. The molecule has 4 heteroatoms. The van der Waals surface area contributed by atoms with Gasteiger partial charge in [-0.1, -0.05) is 0 Å². The number of β-amino-alcohol motifs (C(OH)–C–C–N with tert-alkyl or cyclic N) is 1. The van der Waals surface area contributed by atoms with E-state index >= 15 is 0 Å². The molecule has 1 aliphatic heterocycles. The summed E-state index contributed by atoms with van der Waals surface area (Å²) in [6.45, 7) is 3.88. The second-order valence-corrected chi connectivity index (χ2v) is 5.00. The van der Waals surface area contributed by atoms with Gasteiger partial charge in [0.1, 0.15) is 5.78 Å². The topological polar surface area (TPSA) is 40.5 Å². The van der Waals surface area contributed by atoms with Gasteiger partial charge in [0.2, 0.25) is 0 Å². The molecule has 3 nitrogen and oxygen atoms in total. The highest BCUT2D eigenvalue weighted by Crippen LogP contribution is 2.30. The van der Waals surface area contributed by atoms with Gasteiger partial charge in [0.05, 0.1) is 6.10 Å². The van der Waals surface area contributed by atoms with Crippen LogP contribution in [0, 0.1) is 0 Å². The number of hydrogen-bond acceptors (Lipinski definition) is 4. The first kappa shape index (κ1) is 10.8. The molecule has 15 heavy (non-hydrogen) atoms. The number of aliphatic hydroxyl groups excluding tert-OH is 1. The zero-order chi connectivity index (χ0) is 10.8. The Balaban J connectivity index is 2.00. The number of fused-ring (bicyclic) bond motifs is 1. The van der Waals surface area contributed by atoms with E-state index in [1.165, 1.54) is 4.88 Å². The lowest BCUT2D eigenvalue weighted by Gasteiger charge is -2.29. The number of Topliss-reactive ketones (excluding diaryl/α,β-unsaturated/α-hetero) is 1. The number of thiophene rings is 1. The highest BCUT2D eigenvalue weighted by Gasteiger charge is 2.24. The number of carbonyl (C=O) groups is 1. The molecule has 0 aromatic carbocycles. The summed E-state index contributed by atoms with van der Waals surface area (Å²) < 4.78 is 0. The summed E-state index contributed by atoms with van der Waals surface area (Å²) in [4.78, 5) is 14.3. The van der Waals surface area contributed by atoms with Crippen LogP contribution in [0.4, 0.5) is 0 Å². The van der Waals surface area contributed by atoms with Crippen LogP contribution in [-0.4, -0.2) is 28.9 Å². The van der Waals surface area contributed by atoms with Gasteiger partial charge in [-0.2, -0.15) is 0 Å². The van der Waals surface area contributed by atoms with Crippen LogP contribution in [0.1, 0.15) is 29.9 Å². The van der Waals surface area contributed by atoms with Crippen molar-refractivity contribution in [2.45, 2.75) is 26.0 Å². The fourth-order valence-electron chi connectivity index (χ4n) is 1.87. The van der Waals surface area contributed by atoms with Gasteiger partial charge in [-0.25, -0.2) is 0 Å². The second kappa shape index (κ2) is 4.43. The molecular weight excluding hydrogens is 210 g/mol. The minimum absolute atomic E-state index is 0.210. The third kappa shape index (κ3) is 2.45. The molecule has 1 aromatic heterocycles. The van der Waals surface area contributed by atoms with E-state index in [1.54, 1.807) is 18.3 Å². The average molecular weight is 225 g/mol. The Labute approximate surface area is 93.3 Å². The highest BCUT2D eigenvalue weighted by molar-refractivity contribution is 7.10. The normalized spacial score (nSPS) is 21.3. The summed E-state index contributed by atoms with van der Waals surface area (Å²) in [5.74, 6) is 0.210. The van der Waals surface area contributed by atoms with Crippen LogP contribution in [0.3, 0.4) is 0 Å². The Morgan fingerprint density at radius 3 is 3.27 bits per heavy atom. The van der Waals surface area contributed by atoms with Gasteiger partial charge >= 0.3 is 0 Å². The van der Waals surface area contributed by atoms with Crippen molar-refractivity contribution in [2.24, 2.45) is 0 Å². The molecule has 1 atom stereocenters. The maximum atomic E-state index is 10.9. The first-order valence-corrected chi connectivity index (χ1v) is 6.01. The first-order valence-electron chi connectivity index (χ1n) is 5.13. The molecule has 82 valence electrons. The maximum Gasteiger partial charge on any atom is 0.131 e. The number of rotatable bonds is 3. The van der Waals surface area contributed by atoms with Crippen LogP contribution in [0.2, 0.25) is 0 Å². The standard InChI is InChI=1S/C11H15NO2S/c1-8(13)2-4-12-6-10(14)9-3-5-15-11(9)7-12/h3,5,10,14H,2,4,6-7H2,1H3. The molecule has 2 heterocycles. The van der Waals surface area contributed by atoms with Crippen molar-refractivity contribution in [1.29, 1.82) is 0 Å². The first-order chi connectivity index (χ1) is 7.16. The summed E-state index contributed by atoms with van der Waals surface area (Å²) in [6, 6.07) is 1.99. The third-order valence-electron chi connectivity index (χ3n) is 2.72. The minimum atomic E-state index is -0.382. The van der Waals surface area contributed by atoms with E-state index in [2.05, 4.69) is 4.90 Å². The van der Waals surface area contributed by atoms with Crippen molar-refractivity contribution < 1.29 is 9.90 Å². The van der Waals surface area contributed by atoms with E-state index in [0.29, 0.717) is 13.0 Å². The Morgan fingerprint density at radius 1 is 1.73 bits per heavy atom. The summed E-state index contributed by atoms with van der Waals surface area (Å²) in [5.41, 5.74) is 1.07. The highest BCUT2D eigenvalue weighted by atomic mass is 32.1. The van der Waals surface area contributed by atoms with Crippen LogP contribution in [0.5, 0.6) is 0 Å². The molecule has 1 aliphatic rings. The number of ketones is 1. The van der Waals surface area contributed by atoms with Crippen LogP contribution in [0.15, 0.2) is 11.4 Å². The molecule has 0 radical (unpaired) electrons. The van der Waals surface area contributed by atoms with Crippen molar-refractivity contribution >= 4 is 17.1 Å². The van der Waals surface area contributed by atoms with Crippen LogP contribution < -0.4 is 0 Å². The SMILES string of the molecule is CC(=O)CCN1Cc2sccc2C(O)C1. The zero-order valence-electron chi connectivity index (χ0n) is 8.77. The molecule has 2 rings (SSSR count). The Morgan fingerprint density at radius 2 is 2.53 bits per heavy atom. The molecule has 1 N–H and O–H groups in total. The van der Waals surface area contributed by atoms with Crippen molar-refractivity contribution in [2.75, 3.05) is 13.1 Å². The summed E-state index contributed by atoms with van der Waals surface area (Å²) in [5, 5.41) is 11.9. The van der Waals surface area contributed by atoms with Gasteiger partial charge < -0.3 is 5.11 Å². The fourth-order valence-corrected chi connectivity index (χ4v) is 2.85. The number of nitrogens with zero attached hydrogens (tertiary/aromatic N) is 1. The molecular formula is C11H15NO2S. The van der Waals surface area contributed by atoms with Crippen LogP contribution in [0.25, 0.3) is 0 Å². The van der Waals surface area contributed by atoms with Gasteiger partial charge in [-0.05, 0) is 23.9 Å². The Bertz CT molecular complexity index is 361. The van der Waals surface area contributed by atoms with Gasteiger partial charge in [0.15, 0.2) is 0 Å². The zero-order valence-corrected chi connectivity index (χ0v) is 9.59. The Kier molecular flexibility index (Phi) is 3.19. The van der Waals surface area contributed by atoms with E-state index in [0.717, 1.165) is 18.7 Å². The lowest BCUT2D eigenvalue weighted by molar-refractivity contribution is -0.117. The predicted molar refractivity (Wildman–Crippen MR) is 59.9 cm³/mol. The number of aliphatic hydroxyl groups is 1. The van der Waals surface area contributed by atoms with E-state index in [-0.39, 0.29) is 11.9 Å². The molecule has 1 aromatic rings. The Hall–Kier alpha value is -0.710. The molecule has 0 spiro atoms. The summed E-state index contributed by atoms with van der Waals surface area (Å²) in [6.07, 6.45) is 0.194. The van der Waals surface area contributed by atoms with Crippen molar-refractivity contribution in [1.82, 2.24) is 4.90 Å². The fraction of sp³-hybridized carbons (Fsp3) is 0.545. The lowest BCUT2D eigenvalue weighted by atomic mass is 10.1. The summed E-state index contributed by atoms with van der Waals surface area (Å²) >= 11 is 1.68. The molecule has 1 unspecified atom stereocenters. The summed E-state index contributed by atoms with van der Waals surface area (Å²) in [7, 11) is 0. The molecule has 0 fully saturated rings. The van der Waals surface area contributed by atoms with Gasteiger partial charge in [-0.15, -0.1) is 11.3 Å². The molecule has 0 bridgehead atoms.